The van der Waals surface area contributed by atoms with E-state index in [9.17, 15) is 19.5 Å². The molecule has 6 nitrogen and oxygen atoms in total. The van der Waals surface area contributed by atoms with Crippen LogP contribution in [0.15, 0.2) is 48.5 Å². The summed E-state index contributed by atoms with van der Waals surface area (Å²) in [6, 6.07) is 13.1. The van der Waals surface area contributed by atoms with Crippen molar-refractivity contribution in [3.05, 3.63) is 65.2 Å². The quantitative estimate of drug-likeness (QED) is 0.743. The van der Waals surface area contributed by atoms with Crippen molar-refractivity contribution in [2.24, 2.45) is 0 Å². The predicted molar refractivity (Wildman–Crippen MR) is 95.9 cm³/mol. The van der Waals surface area contributed by atoms with Crippen LogP contribution in [0.25, 0.3) is 0 Å². The fourth-order valence-corrected chi connectivity index (χ4v) is 2.40. The van der Waals surface area contributed by atoms with Gasteiger partial charge in [-0.2, -0.15) is 0 Å². The molecule has 2 aromatic rings. The smallest absolute Gasteiger partial charge is 0.342 e. The van der Waals surface area contributed by atoms with Crippen LogP contribution < -0.4 is 5.32 Å². The molecular weight excluding hydrogens is 334 g/mol. The monoisotopic (exact) mass is 355 g/mol. The molecule has 1 amide bonds. The number of phenolic OH excluding ortho intramolecular Hbond substituents is 1. The van der Waals surface area contributed by atoms with Crippen LogP contribution in [0, 0.1) is 6.92 Å². The van der Waals surface area contributed by atoms with E-state index in [0.717, 1.165) is 11.1 Å². The summed E-state index contributed by atoms with van der Waals surface area (Å²) in [4.78, 5) is 35.8. The van der Waals surface area contributed by atoms with Gasteiger partial charge < -0.3 is 15.2 Å². The van der Waals surface area contributed by atoms with Crippen molar-refractivity contribution in [2.45, 2.75) is 26.3 Å². The lowest BCUT2D eigenvalue weighted by molar-refractivity contribution is -0.128. The number of benzene rings is 2. The zero-order valence-electron chi connectivity index (χ0n) is 14.7. The number of Topliss-reactive ketones (excluding diaryl/α,β-unsaturated/α-hetero) is 1. The van der Waals surface area contributed by atoms with Gasteiger partial charge in [-0.25, -0.2) is 4.79 Å². The number of aryl methyl sites for hydroxylation is 1. The molecule has 1 atom stereocenters. The van der Waals surface area contributed by atoms with E-state index < -0.39 is 24.5 Å². The Morgan fingerprint density at radius 3 is 2.46 bits per heavy atom. The van der Waals surface area contributed by atoms with E-state index in [0.29, 0.717) is 6.42 Å². The molecule has 0 aliphatic carbocycles. The van der Waals surface area contributed by atoms with Crippen molar-refractivity contribution < 1.29 is 24.2 Å². The Morgan fingerprint density at radius 2 is 1.81 bits per heavy atom. The topological polar surface area (TPSA) is 92.7 Å². The molecule has 0 aliphatic heterocycles. The highest BCUT2D eigenvalue weighted by molar-refractivity contribution is 5.94. The zero-order chi connectivity index (χ0) is 19.1. The molecule has 0 heterocycles. The van der Waals surface area contributed by atoms with Crippen LogP contribution in [0.3, 0.4) is 0 Å². The van der Waals surface area contributed by atoms with Crippen LogP contribution in [0.2, 0.25) is 0 Å². The van der Waals surface area contributed by atoms with Gasteiger partial charge in [0, 0.05) is 0 Å². The van der Waals surface area contributed by atoms with E-state index in [1.807, 2.05) is 30.3 Å². The van der Waals surface area contributed by atoms with Crippen molar-refractivity contribution in [1.29, 1.82) is 0 Å². The van der Waals surface area contributed by atoms with Crippen molar-refractivity contribution in [1.82, 2.24) is 5.32 Å². The molecule has 0 aromatic heterocycles. The van der Waals surface area contributed by atoms with Crippen LogP contribution in [-0.2, 0) is 20.7 Å². The Bertz CT molecular complexity index is 801. The third kappa shape index (κ3) is 5.44. The SMILES string of the molecule is CC(=O)[C@H](Cc1ccccc1)NC(=O)COC(=O)c1cc(C)ccc1O. The molecule has 0 saturated heterocycles. The number of carbonyl (C=O) groups excluding carboxylic acids is 3. The summed E-state index contributed by atoms with van der Waals surface area (Å²) in [7, 11) is 0. The Balaban J connectivity index is 1.92. The van der Waals surface area contributed by atoms with E-state index in [-0.39, 0.29) is 17.1 Å². The van der Waals surface area contributed by atoms with Crippen molar-refractivity contribution in [3.63, 3.8) is 0 Å². The minimum absolute atomic E-state index is 0.00907. The summed E-state index contributed by atoms with van der Waals surface area (Å²) < 4.78 is 4.93. The van der Waals surface area contributed by atoms with Gasteiger partial charge in [0.05, 0.1) is 6.04 Å². The lowest BCUT2D eigenvalue weighted by Gasteiger charge is -2.16. The first-order chi connectivity index (χ1) is 12.4. The Hall–Kier alpha value is -3.15. The summed E-state index contributed by atoms with van der Waals surface area (Å²) in [5, 5.41) is 12.3. The van der Waals surface area contributed by atoms with Crippen LogP contribution in [0.4, 0.5) is 0 Å². The first-order valence-electron chi connectivity index (χ1n) is 8.17. The van der Waals surface area contributed by atoms with Crippen molar-refractivity contribution in [2.75, 3.05) is 6.61 Å². The maximum atomic E-state index is 12.0. The van der Waals surface area contributed by atoms with Gasteiger partial charge >= 0.3 is 5.97 Å². The minimum atomic E-state index is -0.802. The van der Waals surface area contributed by atoms with E-state index in [1.54, 1.807) is 13.0 Å². The third-order valence-electron chi connectivity index (χ3n) is 3.81. The van der Waals surface area contributed by atoms with Gasteiger partial charge in [-0.15, -0.1) is 0 Å². The molecule has 0 radical (unpaired) electrons. The molecule has 2 rings (SSSR count). The molecule has 0 bridgehead atoms. The largest absolute Gasteiger partial charge is 0.507 e. The number of nitrogens with one attached hydrogen (secondary N) is 1. The molecule has 6 heteroatoms. The fourth-order valence-electron chi connectivity index (χ4n) is 2.40. The number of carbonyl (C=O) groups is 3. The molecule has 2 aromatic carbocycles. The molecule has 0 unspecified atom stereocenters. The van der Waals surface area contributed by atoms with Gasteiger partial charge in [0.2, 0.25) is 0 Å². The summed E-state index contributed by atoms with van der Waals surface area (Å²) in [5.74, 6) is -1.79. The fraction of sp³-hybridized carbons (Fsp3) is 0.250. The lowest BCUT2D eigenvalue weighted by atomic mass is 10.0. The van der Waals surface area contributed by atoms with Gasteiger partial charge in [0.25, 0.3) is 5.91 Å². The first kappa shape index (κ1) is 19.2. The standard InChI is InChI=1S/C20H21NO5/c1-13-8-9-18(23)16(10-13)20(25)26-12-19(24)21-17(14(2)22)11-15-6-4-3-5-7-15/h3-10,17,23H,11-12H2,1-2H3,(H,21,24)/t17-/m0/s1. The average molecular weight is 355 g/mol. The van der Waals surface area contributed by atoms with E-state index in [2.05, 4.69) is 5.32 Å². The van der Waals surface area contributed by atoms with Crippen LogP contribution in [0.1, 0.15) is 28.4 Å². The second-order valence-corrected chi connectivity index (χ2v) is 6.02. The maximum Gasteiger partial charge on any atom is 0.342 e. The highest BCUT2D eigenvalue weighted by atomic mass is 16.5. The number of ether oxygens (including phenoxy) is 1. The maximum absolute atomic E-state index is 12.0. The molecule has 136 valence electrons. The van der Waals surface area contributed by atoms with Gasteiger partial charge in [-0.1, -0.05) is 42.0 Å². The number of aromatic hydroxyl groups is 1. The van der Waals surface area contributed by atoms with Gasteiger partial charge in [0.15, 0.2) is 12.4 Å². The van der Waals surface area contributed by atoms with Gasteiger partial charge in [0.1, 0.15) is 11.3 Å². The Labute approximate surface area is 151 Å². The number of hydrogen-bond acceptors (Lipinski definition) is 5. The minimum Gasteiger partial charge on any atom is -0.507 e. The molecule has 0 aliphatic rings. The number of ketones is 1. The highest BCUT2D eigenvalue weighted by Crippen LogP contribution is 2.19. The molecule has 0 spiro atoms. The van der Waals surface area contributed by atoms with Crippen LogP contribution >= 0.6 is 0 Å². The summed E-state index contributed by atoms with van der Waals surface area (Å²) in [5.41, 5.74) is 1.68. The Morgan fingerprint density at radius 1 is 1.12 bits per heavy atom. The average Bonchev–Trinajstić information content (AvgIpc) is 2.62. The van der Waals surface area contributed by atoms with Crippen LogP contribution in [-0.4, -0.2) is 35.4 Å². The van der Waals surface area contributed by atoms with Gasteiger partial charge in [-0.05, 0) is 38.0 Å². The number of amides is 1. The third-order valence-corrected chi connectivity index (χ3v) is 3.81. The lowest BCUT2D eigenvalue weighted by Crippen LogP contribution is -2.43. The van der Waals surface area contributed by atoms with E-state index >= 15 is 0 Å². The summed E-state index contributed by atoms with van der Waals surface area (Å²) in [6.45, 7) is 2.62. The first-order valence-corrected chi connectivity index (χ1v) is 8.17. The molecule has 26 heavy (non-hydrogen) atoms. The second kappa shape index (κ2) is 8.80. The molecule has 2 N–H and O–H groups in total. The number of esters is 1. The molecule has 0 fully saturated rings. The zero-order valence-corrected chi connectivity index (χ0v) is 14.7. The number of phenols is 1. The Kier molecular flexibility index (Phi) is 6.49. The second-order valence-electron chi connectivity index (χ2n) is 6.02. The number of hydrogen-bond donors (Lipinski definition) is 2. The van der Waals surface area contributed by atoms with Crippen LogP contribution in [0.5, 0.6) is 5.75 Å². The van der Waals surface area contributed by atoms with E-state index in [4.69, 9.17) is 4.74 Å². The van der Waals surface area contributed by atoms with E-state index in [1.165, 1.54) is 19.1 Å². The van der Waals surface area contributed by atoms with Crippen molar-refractivity contribution >= 4 is 17.7 Å². The predicted octanol–water partition coefficient (Wildman–Crippen LogP) is 2.17. The summed E-state index contributed by atoms with van der Waals surface area (Å²) in [6.07, 6.45) is 0.356. The molecule has 0 saturated carbocycles. The van der Waals surface area contributed by atoms with Crippen molar-refractivity contribution in [3.8, 4) is 5.75 Å². The summed E-state index contributed by atoms with van der Waals surface area (Å²) >= 11 is 0. The number of rotatable bonds is 7. The normalized spacial score (nSPS) is 11.5. The molecular formula is C20H21NO5. The van der Waals surface area contributed by atoms with Gasteiger partial charge in [-0.3, -0.25) is 9.59 Å². The highest BCUT2D eigenvalue weighted by Gasteiger charge is 2.19.